The summed E-state index contributed by atoms with van der Waals surface area (Å²) in [4.78, 5) is 25.3. The Morgan fingerprint density at radius 3 is 2.35 bits per heavy atom. The second-order valence-electron chi connectivity index (χ2n) is 6.33. The first-order valence-corrected chi connectivity index (χ1v) is 9.11. The summed E-state index contributed by atoms with van der Waals surface area (Å²) >= 11 is 0. The summed E-state index contributed by atoms with van der Waals surface area (Å²) in [6.07, 6.45) is -3.54. The van der Waals surface area contributed by atoms with E-state index >= 15 is 0 Å². The average molecular weight is 433 g/mol. The minimum absolute atomic E-state index is 0.166. The zero-order valence-corrected chi connectivity index (χ0v) is 16.7. The SMILES string of the molecule is C=C(OCC)c1cccc2c1c(=O)c(C(=O)OC)cn2-c1ccc(OC(F)(F)F)cc1. The first-order chi connectivity index (χ1) is 14.7. The van der Waals surface area contributed by atoms with Gasteiger partial charge in [0.15, 0.2) is 0 Å². The molecule has 0 bridgehead atoms. The number of nitrogens with zero attached hydrogens (tertiary/aromatic N) is 1. The summed E-state index contributed by atoms with van der Waals surface area (Å²) < 4.78 is 52.9. The first-order valence-electron chi connectivity index (χ1n) is 9.11. The zero-order chi connectivity index (χ0) is 22.8. The number of pyridine rings is 1. The van der Waals surface area contributed by atoms with Gasteiger partial charge in [-0.3, -0.25) is 4.79 Å². The molecule has 0 amide bonds. The summed E-state index contributed by atoms with van der Waals surface area (Å²) in [5.74, 6) is -1.01. The molecule has 6 nitrogen and oxygen atoms in total. The normalized spacial score (nSPS) is 11.3. The summed E-state index contributed by atoms with van der Waals surface area (Å²) in [6, 6.07) is 9.96. The van der Waals surface area contributed by atoms with Crippen LogP contribution in [0.1, 0.15) is 22.8 Å². The Bertz CT molecular complexity index is 1200. The lowest BCUT2D eigenvalue weighted by atomic mass is 10.0. The summed E-state index contributed by atoms with van der Waals surface area (Å²) in [5, 5.41) is 0.166. The van der Waals surface area contributed by atoms with Crippen LogP contribution in [-0.4, -0.2) is 30.6 Å². The molecule has 0 radical (unpaired) electrons. The van der Waals surface area contributed by atoms with Crippen LogP contribution in [0.5, 0.6) is 5.75 Å². The van der Waals surface area contributed by atoms with Crippen molar-refractivity contribution in [3.05, 3.63) is 76.6 Å². The quantitative estimate of drug-likeness (QED) is 0.417. The average Bonchev–Trinajstić information content (AvgIpc) is 2.73. The highest BCUT2D eigenvalue weighted by atomic mass is 19.4. The van der Waals surface area contributed by atoms with E-state index < -0.39 is 23.5 Å². The van der Waals surface area contributed by atoms with Gasteiger partial charge in [-0.05, 0) is 37.3 Å². The van der Waals surface area contributed by atoms with Crippen molar-refractivity contribution in [1.82, 2.24) is 4.57 Å². The fourth-order valence-corrected chi connectivity index (χ4v) is 3.13. The number of ether oxygens (including phenoxy) is 3. The molecule has 0 aliphatic rings. The number of fused-ring (bicyclic) bond motifs is 1. The van der Waals surface area contributed by atoms with Crippen molar-refractivity contribution in [2.45, 2.75) is 13.3 Å². The Kier molecular flexibility index (Phi) is 6.05. The Labute approximate surface area is 175 Å². The predicted octanol–water partition coefficient (Wildman–Crippen LogP) is 4.68. The lowest BCUT2D eigenvalue weighted by Crippen LogP contribution is -2.21. The molecule has 0 N–H and O–H groups in total. The van der Waals surface area contributed by atoms with Crippen LogP contribution in [0.15, 0.2) is 60.0 Å². The maximum absolute atomic E-state index is 13.1. The van der Waals surface area contributed by atoms with Gasteiger partial charge in [-0.25, -0.2) is 4.79 Å². The number of hydrogen-bond donors (Lipinski definition) is 0. The molecule has 9 heteroatoms. The van der Waals surface area contributed by atoms with E-state index in [0.29, 0.717) is 23.4 Å². The molecule has 0 fully saturated rings. The van der Waals surface area contributed by atoms with Crippen molar-refractivity contribution in [1.29, 1.82) is 0 Å². The topological polar surface area (TPSA) is 66.8 Å². The molecule has 0 saturated carbocycles. The van der Waals surface area contributed by atoms with Crippen LogP contribution in [0, 0.1) is 0 Å². The zero-order valence-electron chi connectivity index (χ0n) is 16.7. The highest BCUT2D eigenvalue weighted by Crippen LogP contribution is 2.28. The van der Waals surface area contributed by atoms with Gasteiger partial charge in [0, 0.05) is 17.4 Å². The molecule has 1 aromatic heterocycles. The number of carbonyl (C=O) groups is 1. The fraction of sp³-hybridized carbons (Fsp3) is 0.182. The summed E-state index contributed by atoms with van der Waals surface area (Å²) in [7, 11) is 1.14. The van der Waals surface area contributed by atoms with Crippen LogP contribution >= 0.6 is 0 Å². The lowest BCUT2D eigenvalue weighted by Gasteiger charge is -2.17. The van der Waals surface area contributed by atoms with Gasteiger partial charge < -0.3 is 18.8 Å². The maximum Gasteiger partial charge on any atom is 0.573 e. The molecule has 31 heavy (non-hydrogen) atoms. The van der Waals surface area contributed by atoms with Gasteiger partial charge in [-0.2, -0.15) is 0 Å². The summed E-state index contributed by atoms with van der Waals surface area (Å²) in [6.45, 7) is 5.92. The Hall–Kier alpha value is -3.75. The predicted molar refractivity (Wildman–Crippen MR) is 108 cm³/mol. The molecule has 1 heterocycles. The van der Waals surface area contributed by atoms with Crippen molar-refractivity contribution in [2.24, 2.45) is 0 Å². The molecule has 0 saturated heterocycles. The van der Waals surface area contributed by atoms with Gasteiger partial charge in [0.05, 0.1) is 24.6 Å². The van der Waals surface area contributed by atoms with Crippen LogP contribution in [0.25, 0.3) is 22.3 Å². The van der Waals surface area contributed by atoms with Gasteiger partial charge in [0.25, 0.3) is 0 Å². The van der Waals surface area contributed by atoms with Crippen LogP contribution in [0.2, 0.25) is 0 Å². The van der Waals surface area contributed by atoms with Crippen molar-refractivity contribution in [3.63, 3.8) is 0 Å². The molecule has 3 rings (SSSR count). The van der Waals surface area contributed by atoms with E-state index in [1.165, 1.54) is 22.9 Å². The first kappa shape index (κ1) is 21.9. The number of carbonyl (C=O) groups excluding carboxylic acids is 1. The second kappa shape index (κ2) is 8.55. The number of hydrogen-bond acceptors (Lipinski definition) is 5. The standard InChI is InChI=1S/C22H18F3NO5/c1-4-30-13(2)16-6-5-7-18-19(16)20(27)17(21(28)29-3)12-26(18)14-8-10-15(11-9-14)31-22(23,24)25/h5-12H,2,4H2,1,3H3. The maximum atomic E-state index is 13.1. The van der Waals surface area contributed by atoms with E-state index in [0.717, 1.165) is 19.2 Å². The molecule has 0 spiro atoms. The van der Waals surface area contributed by atoms with Crippen LogP contribution in [0.3, 0.4) is 0 Å². The summed E-state index contributed by atoms with van der Waals surface area (Å²) in [5.41, 5.74) is 0.360. The fourth-order valence-electron chi connectivity index (χ4n) is 3.13. The number of methoxy groups -OCH3 is 1. The van der Waals surface area contributed by atoms with Gasteiger partial charge in [-0.15, -0.1) is 13.2 Å². The Morgan fingerprint density at radius 1 is 1.10 bits per heavy atom. The van der Waals surface area contributed by atoms with E-state index in [2.05, 4.69) is 11.3 Å². The number of alkyl halides is 3. The highest BCUT2D eigenvalue weighted by molar-refractivity contribution is 5.98. The number of halogens is 3. The Balaban J connectivity index is 2.27. The number of aromatic nitrogens is 1. The van der Waals surface area contributed by atoms with Crippen molar-refractivity contribution in [3.8, 4) is 11.4 Å². The minimum Gasteiger partial charge on any atom is -0.494 e. The van der Waals surface area contributed by atoms with Crippen molar-refractivity contribution < 1.29 is 32.2 Å². The third kappa shape index (κ3) is 4.55. The number of benzene rings is 2. The van der Waals surface area contributed by atoms with E-state index in [-0.39, 0.29) is 16.7 Å². The van der Waals surface area contributed by atoms with Crippen LogP contribution in [0.4, 0.5) is 13.2 Å². The van der Waals surface area contributed by atoms with Crippen molar-refractivity contribution in [2.75, 3.05) is 13.7 Å². The minimum atomic E-state index is -4.82. The van der Waals surface area contributed by atoms with Gasteiger partial charge in [-0.1, -0.05) is 18.7 Å². The number of esters is 1. The lowest BCUT2D eigenvalue weighted by molar-refractivity contribution is -0.274. The molecular weight excluding hydrogens is 415 g/mol. The molecule has 2 aromatic carbocycles. The molecule has 0 atom stereocenters. The van der Waals surface area contributed by atoms with Crippen LogP contribution in [-0.2, 0) is 9.47 Å². The van der Waals surface area contributed by atoms with Crippen LogP contribution < -0.4 is 10.2 Å². The van der Waals surface area contributed by atoms with Gasteiger partial charge in [0.1, 0.15) is 17.1 Å². The smallest absolute Gasteiger partial charge is 0.494 e. The van der Waals surface area contributed by atoms with E-state index in [1.54, 1.807) is 25.1 Å². The monoisotopic (exact) mass is 433 g/mol. The number of rotatable bonds is 6. The third-order valence-corrected chi connectivity index (χ3v) is 4.40. The van der Waals surface area contributed by atoms with Crippen molar-refractivity contribution >= 4 is 22.6 Å². The van der Waals surface area contributed by atoms with E-state index in [1.807, 2.05) is 0 Å². The van der Waals surface area contributed by atoms with E-state index in [4.69, 9.17) is 9.47 Å². The molecule has 0 aliphatic carbocycles. The second-order valence-corrected chi connectivity index (χ2v) is 6.33. The molecule has 0 aliphatic heterocycles. The molecule has 162 valence electrons. The third-order valence-electron chi connectivity index (χ3n) is 4.40. The van der Waals surface area contributed by atoms with Gasteiger partial charge >= 0.3 is 12.3 Å². The van der Waals surface area contributed by atoms with Gasteiger partial charge in [0.2, 0.25) is 5.43 Å². The molecule has 0 unspecified atom stereocenters. The molecule has 3 aromatic rings. The largest absolute Gasteiger partial charge is 0.573 e. The molecular formula is C22H18F3NO5. The Morgan fingerprint density at radius 2 is 1.77 bits per heavy atom. The highest BCUT2D eigenvalue weighted by Gasteiger charge is 2.31. The van der Waals surface area contributed by atoms with E-state index in [9.17, 15) is 22.8 Å².